The quantitative estimate of drug-likeness (QED) is 0.415. The summed E-state index contributed by atoms with van der Waals surface area (Å²) >= 11 is 0. The molecule has 0 saturated carbocycles. The number of aryl methyl sites for hydroxylation is 4. The van der Waals surface area contributed by atoms with Crippen LogP contribution in [-0.4, -0.2) is 25.5 Å². The highest BCUT2D eigenvalue weighted by atomic mass is 16.3. The third kappa shape index (κ3) is 3.94. The van der Waals surface area contributed by atoms with Gasteiger partial charge in [-0.05, 0) is 79.1 Å². The lowest BCUT2D eigenvalue weighted by atomic mass is 9.91. The Hall–Kier alpha value is -3.34. The third-order valence-corrected chi connectivity index (χ3v) is 5.33. The second-order valence-corrected chi connectivity index (χ2v) is 7.74. The fourth-order valence-electron chi connectivity index (χ4n) is 3.81. The zero-order chi connectivity index (χ0) is 21.5. The Bertz CT molecular complexity index is 1050. The molecule has 0 saturated heterocycles. The zero-order valence-corrected chi connectivity index (χ0v) is 17.0. The third-order valence-electron chi connectivity index (χ3n) is 5.33. The van der Waals surface area contributed by atoms with Gasteiger partial charge in [-0.15, -0.1) is 0 Å². The van der Waals surface area contributed by atoms with Crippen molar-refractivity contribution >= 4 is 0 Å². The summed E-state index contributed by atoms with van der Waals surface area (Å²) in [6.45, 7) is 7.26. The average Bonchev–Trinajstić information content (AvgIpc) is 2.65. The number of phenolic OH excluding ortho intramolecular Hbond substituents is 5. The summed E-state index contributed by atoms with van der Waals surface area (Å²) < 4.78 is 0. The van der Waals surface area contributed by atoms with Crippen molar-refractivity contribution in [3.05, 3.63) is 74.8 Å². The van der Waals surface area contributed by atoms with Crippen molar-refractivity contribution in [1.29, 1.82) is 0 Å². The van der Waals surface area contributed by atoms with Gasteiger partial charge < -0.3 is 25.5 Å². The monoisotopic (exact) mass is 394 g/mol. The minimum absolute atomic E-state index is 0.238. The summed E-state index contributed by atoms with van der Waals surface area (Å²) in [5.74, 6) is -0.793. The van der Waals surface area contributed by atoms with Crippen LogP contribution in [0, 0.1) is 27.7 Å². The van der Waals surface area contributed by atoms with E-state index in [-0.39, 0.29) is 23.0 Å². The van der Waals surface area contributed by atoms with E-state index in [9.17, 15) is 25.5 Å². The van der Waals surface area contributed by atoms with Crippen LogP contribution in [0.2, 0.25) is 0 Å². The van der Waals surface area contributed by atoms with Crippen molar-refractivity contribution in [3.8, 4) is 28.7 Å². The average molecular weight is 394 g/mol. The van der Waals surface area contributed by atoms with Gasteiger partial charge >= 0.3 is 0 Å². The van der Waals surface area contributed by atoms with Crippen LogP contribution in [-0.2, 0) is 12.8 Å². The van der Waals surface area contributed by atoms with Gasteiger partial charge in [-0.1, -0.05) is 24.3 Å². The molecule has 0 aliphatic carbocycles. The number of aromatic hydroxyl groups is 5. The minimum Gasteiger partial charge on any atom is -0.507 e. The Kier molecular flexibility index (Phi) is 5.33. The van der Waals surface area contributed by atoms with Gasteiger partial charge in [0.25, 0.3) is 0 Å². The van der Waals surface area contributed by atoms with Crippen LogP contribution in [0.25, 0.3) is 0 Å². The molecule has 3 aromatic rings. The molecule has 0 aliphatic heterocycles. The Morgan fingerprint density at radius 3 is 1.38 bits per heavy atom. The molecule has 0 spiro atoms. The van der Waals surface area contributed by atoms with Crippen LogP contribution in [0.5, 0.6) is 28.7 Å². The zero-order valence-electron chi connectivity index (χ0n) is 17.0. The van der Waals surface area contributed by atoms with Crippen molar-refractivity contribution < 1.29 is 25.5 Å². The van der Waals surface area contributed by atoms with Crippen LogP contribution in [0.15, 0.2) is 30.3 Å². The summed E-state index contributed by atoms with van der Waals surface area (Å²) in [6, 6.07) is 8.86. The molecule has 5 nitrogen and oxygen atoms in total. The number of benzene rings is 3. The molecule has 5 N–H and O–H groups in total. The smallest absolute Gasteiger partial charge is 0.200 e. The maximum absolute atomic E-state index is 10.5. The van der Waals surface area contributed by atoms with E-state index in [0.717, 1.165) is 33.4 Å². The fraction of sp³-hybridized carbons (Fsp3) is 0.250. The second-order valence-electron chi connectivity index (χ2n) is 7.74. The van der Waals surface area contributed by atoms with Crippen molar-refractivity contribution in [1.82, 2.24) is 0 Å². The molecule has 0 heterocycles. The largest absolute Gasteiger partial charge is 0.507 e. The van der Waals surface area contributed by atoms with E-state index < -0.39 is 5.75 Å². The highest BCUT2D eigenvalue weighted by Gasteiger charge is 2.19. The summed E-state index contributed by atoms with van der Waals surface area (Å²) in [7, 11) is 0. The molecule has 0 bridgehead atoms. The molecule has 0 fully saturated rings. The molecule has 152 valence electrons. The number of hydrogen-bond donors (Lipinski definition) is 5. The Morgan fingerprint density at radius 2 is 0.931 bits per heavy atom. The minimum atomic E-state index is -0.547. The van der Waals surface area contributed by atoms with Crippen LogP contribution >= 0.6 is 0 Å². The number of phenols is 5. The standard InChI is InChI=1S/C24H26O5/c1-12-5-16(6-13(2)21(12)26)9-18-11-20(25)24(29)23(28)19(18)10-17-7-14(3)22(27)15(4)8-17/h5-8,11,25-29H,9-10H2,1-4H3. The van der Waals surface area contributed by atoms with E-state index in [2.05, 4.69) is 0 Å². The van der Waals surface area contributed by atoms with Crippen LogP contribution in [0.4, 0.5) is 0 Å². The molecule has 0 amide bonds. The predicted molar refractivity (Wildman–Crippen MR) is 112 cm³/mol. The van der Waals surface area contributed by atoms with Crippen molar-refractivity contribution in [3.63, 3.8) is 0 Å². The summed E-state index contributed by atoms with van der Waals surface area (Å²) in [5, 5.41) is 50.7. The van der Waals surface area contributed by atoms with E-state index in [1.54, 1.807) is 0 Å². The normalized spacial score (nSPS) is 11.0. The molecule has 5 heteroatoms. The van der Waals surface area contributed by atoms with Gasteiger partial charge in [-0.2, -0.15) is 0 Å². The topological polar surface area (TPSA) is 101 Å². The first-order chi connectivity index (χ1) is 13.6. The second kappa shape index (κ2) is 7.59. The van der Waals surface area contributed by atoms with E-state index in [0.29, 0.717) is 24.0 Å². The van der Waals surface area contributed by atoms with Gasteiger partial charge in [0.15, 0.2) is 11.5 Å². The molecular formula is C24H26O5. The Labute approximate surface area is 170 Å². The Balaban J connectivity index is 2.08. The van der Waals surface area contributed by atoms with Gasteiger partial charge in [-0.3, -0.25) is 0 Å². The van der Waals surface area contributed by atoms with Crippen molar-refractivity contribution in [2.24, 2.45) is 0 Å². The Morgan fingerprint density at radius 1 is 0.517 bits per heavy atom. The molecular weight excluding hydrogens is 368 g/mol. The van der Waals surface area contributed by atoms with Gasteiger partial charge in [-0.25, -0.2) is 0 Å². The molecule has 3 rings (SSSR count). The highest BCUT2D eigenvalue weighted by molar-refractivity contribution is 5.59. The lowest BCUT2D eigenvalue weighted by Gasteiger charge is -2.16. The summed E-state index contributed by atoms with van der Waals surface area (Å²) in [4.78, 5) is 0. The maximum Gasteiger partial charge on any atom is 0.200 e. The number of hydrogen-bond acceptors (Lipinski definition) is 5. The summed E-state index contributed by atoms with van der Waals surface area (Å²) in [6.07, 6.45) is 0.738. The first kappa shape index (κ1) is 20.4. The lowest BCUT2D eigenvalue weighted by molar-refractivity contribution is 0.364. The lowest BCUT2D eigenvalue weighted by Crippen LogP contribution is -2.00. The first-order valence-electron chi connectivity index (χ1n) is 9.42. The van der Waals surface area contributed by atoms with E-state index in [1.807, 2.05) is 52.0 Å². The van der Waals surface area contributed by atoms with Crippen molar-refractivity contribution in [2.45, 2.75) is 40.5 Å². The van der Waals surface area contributed by atoms with E-state index in [1.165, 1.54) is 6.07 Å². The maximum atomic E-state index is 10.5. The van der Waals surface area contributed by atoms with Crippen molar-refractivity contribution in [2.75, 3.05) is 0 Å². The molecule has 29 heavy (non-hydrogen) atoms. The van der Waals surface area contributed by atoms with Gasteiger partial charge in [0, 0.05) is 12.0 Å². The molecule has 0 aromatic heterocycles. The van der Waals surface area contributed by atoms with Crippen LogP contribution in [0.3, 0.4) is 0 Å². The molecule has 0 aliphatic rings. The molecule has 0 unspecified atom stereocenters. The van der Waals surface area contributed by atoms with E-state index >= 15 is 0 Å². The van der Waals surface area contributed by atoms with E-state index in [4.69, 9.17) is 0 Å². The predicted octanol–water partition coefficient (Wildman–Crippen LogP) is 4.63. The summed E-state index contributed by atoms with van der Waals surface area (Å²) in [5.41, 5.74) is 5.93. The van der Waals surface area contributed by atoms with Crippen LogP contribution in [0.1, 0.15) is 44.5 Å². The number of rotatable bonds is 4. The fourth-order valence-corrected chi connectivity index (χ4v) is 3.81. The van der Waals surface area contributed by atoms with Crippen LogP contribution < -0.4 is 0 Å². The van der Waals surface area contributed by atoms with Gasteiger partial charge in [0.2, 0.25) is 5.75 Å². The first-order valence-corrected chi connectivity index (χ1v) is 9.42. The molecule has 0 radical (unpaired) electrons. The molecule has 0 atom stereocenters. The molecule has 3 aromatic carbocycles. The SMILES string of the molecule is Cc1cc(Cc2cc(O)c(O)c(O)c2Cc2cc(C)c(O)c(C)c2)cc(C)c1O. The van der Waals surface area contributed by atoms with Gasteiger partial charge in [0.05, 0.1) is 0 Å². The highest BCUT2D eigenvalue weighted by Crippen LogP contribution is 2.42. The van der Waals surface area contributed by atoms with Gasteiger partial charge in [0.1, 0.15) is 11.5 Å².